The molecule has 2 aromatic rings. The van der Waals surface area contributed by atoms with Crippen molar-refractivity contribution in [3.63, 3.8) is 0 Å². The number of aromatic carboxylic acids is 1. The Labute approximate surface area is 147 Å². The maximum Gasteiger partial charge on any atom is 0.335 e. The van der Waals surface area contributed by atoms with Crippen molar-refractivity contribution in [1.82, 2.24) is 10.2 Å². The highest BCUT2D eigenvalue weighted by Gasteiger charge is 2.28. The summed E-state index contributed by atoms with van der Waals surface area (Å²) in [5.74, 6) is -0.869. The molecule has 1 atom stereocenters. The van der Waals surface area contributed by atoms with Crippen LogP contribution >= 0.6 is 0 Å². The summed E-state index contributed by atoms with van der Waals surface area (Å²) < 4.78 is 0. The second kappa shape index (κ2) is 7.94. The number of rotatable bonds is 5. The minimum Gasteiger partial charge on any atom is -0.478 e. The molecule has 130 valence electrons. The van der Waals surface area contributed by atoms with Crippen molar-refractivity contribution in [2.45, 2.75) is 25.4 Å². The lowest BCUT2D eigenvalue weighted by Crippen LogP contribution is -2.45. The van der Waals surface area contributed by atoms with Gasteiger partial charge in [0, 0.05) is 19.6 Å². The van der Waals surface area contributed by atoms with E-state index in [0.29, 0.717) is 19.5 Å². The third-order valence-electron chi connectivity index (χ3n) is 4.52. The molecule has 5 nitrogen and oxygen atoms in total. The highest BCUT2D eigenvalue weighted by atomic mass is 16.4. The van der Waals surface area contributed by atoms with E-state index in [-0.39, 0.29) is 17.5 Å². The Balaban J connectivity index is 1.77. The van der Waals surface area contributed by atoms with Gasteiger partial charge in [-0.05, 0) is 36.1 Å². The van der Waals surface area contributed by atoms with E-state index in [4.69, 9.17) is 5.11 Å². The van der Waals surface area contributed by atoms with Gasteiger partial charge in [0.25, 0.3) is 0 Å². The van der Waals surface area contributed by atoms with Crippen LogP contribution < -0.4 is 5.32 Å². The van der Waals surface area contributed by atoms with Crippen molar-refractivity contribution < 1.29 is 14.7 Å². The zero-order valence-electron chi connectivity index (χ0n) is 14.0. The number of hydrogen-bond acceptors (Lipinski definition) is 3. The number of nitrogens with one attached hydrogen (secondary N) is 1. The van der Waals surface area contributed by atoms with Crippen LogP contribution in [0.2, 0.25) is 0 Å². The minimum absolute atomic E-state index is 0.0588. The van der Waals surface area contributed by atoms with Gasteiger partial charge in [0.05, 0.1) is 11.6 Å². The SMILES string of the molecule is O=C(O)c1ccc(CN2CCCNC(=O)C2Cc2ccccc2)cc1. The largest absolute Gasteiger partial charge is 0.478 e. The fourth-order valence-electron chi connectivity index (χ4n) is 3.17. The summed E-state index contributed by atoms with van der Waals surface area (Å²) in [6.07, 6.45) is 1.57. The van der Waals surface area contributed by atoms with Gasteiger partial charge in [-0.1, -0.05) is 42.5 Å². The van der Waals surface area contributed by atoms with Crippen molar-refractivity contribution >= 4 is 11.9 Å². The number of carbonyl (C=O) groups is 2. The van der Waals surface area contributed by atoms with Crippen LogP contribution in [0.25, 0.3) is 0 Å². The van der Waals surface area contributed by atoms with Crippen molar-refractivity contribution in [2.24, 2.45) is 0 Å². The molecule has 1 heterocycles. The third kappa shape index (κ3) is 4.45. The van der Waals surface area contributed by atoms with E-state index in [9.17, 15) is 9.59 Å². The Bertz CT molecular complexity index is 728. The van der Waals surface area contributed by atoms with Gasteiger partial charge in [-0.3, -0.25) is 9.69 Å². The van der Waals surface area contributed by atoms with Crippen LogP contribution in [0, 0.1) is 0 Å². The first-order chi connectivity index (χ1) is 12.1. The zero-order valence-corrected chi connectivity index (χ0v) is 14.0. The van der Waals surface area contributed by atoms with Crippen molar-refractivity contribution in [3.05, 3.63) is 71.3 Å². The van der Waals surface area contributed by atoms with E-state index in [1.54, 1.807) is 12.1 Å². The molecule has 3 rings (SSSR count). The number of carbonyl (C=O) groups excluding carboxylic acids is 1. The Morgan fingerprint density at radius 1 is 1.08 bits per heavy atom. The van der Waals surface area contributed by atoms with Gasteiger partial charge in [0.1, 0.15) is 0 Å². The minimum atomic E-state index is -0.928. The lowest BCUT2D eigenvalue weighted by atomic mass is 10.0. The van der Waals surface area contributed by atoms with E-state index >= 15 is 0 Å². The summed E-state index contributed by atoms with van der Waals surface area (Å²) in [6, 6.07) is 16.7. The summed E-state index contributed by atoms with van der Waals surface area (Å²) in [4.78, 5) is 25.7. The topological polar surface area (TPSA) is 69.6 Å². The van der Waals surface area contributed by atoms with Gasteiger partial charge in [0.2, 0.25) is 5.91 Å². The third-order valence-corrected chi connectivity index (χ3v) is 4.52. The van der Waals surface area contributed by atoms with E-state index < -0.39 is 5.97 Å². The molecule has 0 radical (unpaired) electrons. The normalized spacial score (nSPS) is 18.4. The van der Waals surface area contributed by atoms with E-state index in [2.05, 4.69) is 10.2 Å². The molecule has 2 aromatic carbocycles. The molecule has 1 aliphatic rings. The maximum absolute atomic E-state index is 12.5. The number of hydrogen-bond donors (Lipinski definition) is 2. The second-order valence-electron chi connectivity index (χ2n) is 6.32. The van der Waals surface area contributed by atoms with Gasteiger partial charge in [-0.15, -0.1) is 0 Å². The molecule has 25 heavy (non-hydrogen) atoms. The fraction of sp³-hybridized carbons (Fsp3) is 0.300. The predicted octanol–water partition coefficient (Wildman–Crippen LogP) is 2.32. The fourth-order valence-corrected chi connectivity index (χ4v) is 3.17. The molecular formula is C20H22N2O3. The lowest BCUT2D eigenvalue weighted by Gasteiger charge is -2.28. The maximum atomic E-state index is 12.5. The number of carboxylic acids is 1. The number of nitrogens with zero attached hydrogens (tertiary/aromatic N) is 1. The molecule has 5 heteroatoms. The molecule has 1 amide bonds. The molecule has 1 unspecified atom stereocenters. The first kappa shape index (κ1) is 17.2. The summed E-state index contributed by atoms with van der Waals surface area (Å²) in [6.45, 7) is 2.15. The average Bonchev–Trinajstić information content (AvgIpc) is 2.79. The molecular weight excluding hydrogens is 316 g/mol. The standard InChI is InChI=1S/C20H22N2O3/c23-19-18(13-15-5-2-1-3-6-15)22(12-4-11-21-19)14-16-7-9-17(10-8-16)20(24)25/h1-3,5-10,18H,4,11-14H2,(H,21,23)(H,24,25). The molecule has 0 aromatic heterocycles. The van der Waals surface area contributed by atoms with Crippen molar-refractivity contribution in [3.8, 4) is 0 Å². The van der Waals surface area contributed by atoms with Crippen molar-refractivity contribution in [1.29, 1.82) is 0 Å². The summed E-state index contributed by atoms with van der Waals surface area (Å²) in [5.41, 5.74) is 2.42. The Hall–Kier alpha value is -2.66. The van der Waals surface area contributed by atoms with E-state index in [1.165, 1.54) is 0 Å². The quantitative estimate of drug-likeness (QED) is 0.878. The molecule has 0 spiro atoms. The first-order valence-corrected chi connectivity index (χ1v) is 8.51. The molecule has 0 aliphatic carbocycles. The van der Waals surface area contributed by atoms with Crippen LogP contribution in [-0.2, 0) is 17.8 Å². The summed E-state index contributed by atoms with van der Waals surface area (Å²) in [5, 5.41) is 12.0. The second-order valence-corrected chi connectivity index (χ2v) is 6.32. The van der Waals surface area contributed by atoms with Crippen LogP contribution in [0.3, 0.4) is 0 Å². The molecule has 1 aliphatic heterocycles. The number of benzene rings is 2. The summed E-state index contributed by atoms with van der Waals surface area (Å²) >= 11 is 0. The lowest BCUT2D eigenvalue weighted by molar-refractivity contribution is -0.125. The highest BCUT2D eigenvalue weighted by molar-refractivity contribution is 5.87. The number of amides is 1. The van der Waals surface area contributed by atoms with Crippen LogP contribution in [0.1, 0.15) is 27.9 Å². The molecule has 2 N–H and O–H groups in total. The van der Waals surface area contributed by atoms with Gasteiger partial charge in [-0.25, -0.2) is 4.79 Å². The molecule has 1 fully saturated rings. The molecule has 1 saturated heterocycles. The van der Waals surface area contributed by atoms with Crippen LogP contribution in [0.5, 0.6) is 0 Å². The highest BCUT2D eigenvalue weighted by Crippen LogP contribution is 2.16. The molecule has 0 saturated carbocycles. The van der Waals surface area contributed by atoms with Gasteiger partial charge in [-0.2, -0.15) is 0 Å². The van der Waals surface area contributed by atoms with Gasteiger partial charge >= 0.3 is 5.97 Å². The monoisotopic (exact) mass is 338 g/mol. The Morgan fingerprint density at radius 3 is 2.48 bits per heavy atom. The van der Waals surface area contributed by atoms with Crippen LogP contribution in [-0.4, -0.2) is 41.0 Å². The predicted molar refractivity (Wildman–Crippen MR) is 95.4 cm³/mol. The van der Waals surface area contributed by atoms with Crippen LogP contribution in [0.15, 0.2) is 54.6 Å². The summed E-state index contributed by atoms with van der Waals surface area (Å²) in [7, 11) is 0. The zero-order chi connectivity index (χ0) is 17.6. The average molecular weight is 338 g/mol. The Kier molecular flexibility index (Phi) is 5.46. The number of carboxylic acid groups (broad SMARTS) is 1. The van der Waals surface area contributed by atoms with Crippen LogP contribution in [0.4, 0.5) is 0 Å². The van der Waals surface area contributed by atoms with Gasteiger partial charge < -0.3 is 10.4 Å². The van der Waals surface area contributed by atoms with E-state index in [0.717, 1.165) is 24.1 Å². The van der Waals surface area contributed by atoms with Gasteiger partial charge in [0.15, 0.2) is 0 Å². The smallest absolute Gasteiger partial charge is 0.335 e. The Morgan fingerprint density at radius 2 is 1.80 bits per heavy atom. The van der Waals surface area contributed by atoms with E-state index in [1.807, 2.05) is 42.5 Å². The molecule has 0 bridgehead atoms. The van der Waals surface area contributed by atoms with Crippen molar-refractivity contribution in [2.75, 3.05) is 13.1 Å². The first-order valence-electron chi connectivity index (χ1n) is 8.51.